The predicted octanol–water partition coefficient (Wildman–Crippen LogP) is 3.44. The molecule has 2 heterocycles. The first-order valence-electron chi connectivity index (χ1n) is 13.0. The average Bonchev–Trinajstić information content (AvgIpc) is 3.54. The van der Waals surface area contributed by atoms with Crippen LogP contribution in [0.4, 0.5) is 9.18 Å². The number of carbonyl (C=O) groups excluding carboxylic acids is 1. The van der Waals surface area contributed by atoms with E-state index in [0.717, 1.165) is 42.2 Å². The second-order valence-electron chi connectivity index (χ2n) is 11.0. The van der Waals surface area contributed by atoms with Crippen LogP contribution >= 0.6 is 0 Å². The Labute approximate surface area is 219 Å². The molecule has 2 unspecified atom stereocenters. The predicted molar refractivity (Wildman–Crippen MR) is 141 cm³/mol. The summed E-state index contributed by atoms with van der Waals surface area (Å²) < 4.78 is 23.4. The lowest BCUT2D eigenvalue weighted by atomic mass is 9.91. The van der Waals surface area contributed by atoms with Gasteiger partial charge in [-0.3, -0.25) is 9.36 Å². The molecule has 2 fully saturated rings. The standard InChI is InChI=1S/C28H33FN4O5/c1-28(2,3)38-26(35)31-24(18-11-12-30-15-18)20-14-23-21(13-22(20)29)25(34)33(27(36)32(23)19-9-10-19)37-16-17-7-5-4-6-8-17/h4-8,13-14,18-19,24,30H,9-12,15-16H2,1-3H3,(H,31,35). The molecule has 5 rings (SSSR count). The van der Waals surface area contributed by atoms with E-state index < -0.39 is 34.8 Å². The summed E-state index contributed by atoms with van der Waals surface area (Å²) in [6, 6.07) is 11.1. The number of rotatable bonds is 7. The SMILES string of the molecule is CC(C)(C)OC(=O)NC(c1cc2c(cc1F)c(=O)n(OCc1ccccc1)c(=O)n2C1CC1)C1CCNC1. The van der Waals surface area contributed by atoms with Crippen molar-refractivity contribution >= 4 is 17.0 Å². The van der Waals surface area contributed by atoms with Crippen LogP contribution in [-0.4, -0.2) is 34.1 Å². The van der Waals surface area contributed by atoms with Crippen molar-refractivity contribution in [2.75, 3.05) is 13.1 Å². The summed E-state index contributed by atoms with van der Waals surface area (Å²) in [6.07, 6.45) is 1.61. The molecule has 2 aromatic carbocycles. The lowest BCUT2D eigenvalue weighted by molar-refractivity contribution is 0.0486. The molecule has 0 radical (unpaired) electrons. The number of ether oxygens (including phenoxy) is 1. The Morgan fingerprint density at radius 3 is 2.53 bits per heavy atom. The summed E-state index contributed by atoms with van der Waals surface area (Å²) in [4.78, 5) is 45.2. The van der Waals surface area contributed by atoms with Crippen LogP contribution in [0.1, 0.15) is 63.2 Å². The first kappa shape index (κ1) is 26.0. The zero-order chi connectivity index (χ0) is 27.0. The Hall–Kier alpha value is -3.66. The molecule has 10 heteroatoms. The van der Waals surface area contributed by atoms with Gasteiger partial charge in [-0.05, 0) is 70.2 Å². The first-order valence-corrected chi connectivity index (χ1v) is 13.0. The number of benzene rings is 2. The number of nitrogens with one attached hydrogen (secondary N) is 2. The van der Waals surface area contributed by atoms with Crippen LogP contribution in [-0.2, 0) is 11.3 Å². The smallest absolute Gasteiger partial charge is 0.408 e. The highest BCUT2D eigenvalue weighted by Crippen LogP contribution is 2.37. The number of nitrogens with zero attached hydrogens (tertiary/aromatic N) is 2. The number of fused-ring (bicyclic) bond motifs is 1. The van der Waals surface area contributed by atoms with Crippen molar-refractivity contribution in [3.63, 3.8) is 0 Å². The van der Waals surface area contributed by atoms with Gasteiger partial charge in [0, 0.05) is 18.2 Å². The molecule has 0 bridgehead atoms. The Kier molecular flexibility index (Phi) is 7.00. The van der Waals surface area contributed by atoms with Gasteiger partial charge >= 0.3 is 11.8 Å². The van der Waals surface area contributed by atoms with Crippen LogP contribution in [0.15, 0.2) is 52.1 Å². The summed E-state index contributed by atoms with van der Waals surface area (Å²) in [6.45, 7) is 6.62. The fraction of sp³-hybridized carbons (Fsp3) is 0.464. The summed E-state index contributed by atoms with van der Waals surface area (Å²) >= 11 is 0. The maximum absolute atomic E-state index is 15.7. The Bertz CT molecular complexity index is 1450. The van der Waals surface area contributed by atoms with E-state index in [1.165, 1.54) is 10.6 Å². The molecule has 1 aromatic heterocycles. The molecule has 2 N–H and O–H groups in total. The van der Waals surface area contributed by atoms with Crippen LogP contribution in [0, 0.1) is 11.7 Å². The molecule has 202 valence electrons. The van der Waals surface area contributed by atoms with E-state index >= 15 is 4.39 Å². The summed E-state index contributed by atoms with van der Waals surface area (Å²) in [5, 5.41) is 6.15. The minimum absolute atomic E-state index is 0.0172. The second-order valence-corrected chi connectivity index (χ2v) is 11.0. The van der Waals surface area contributed by atoms with Gasteiger partial charge in [0.2, 0.25) is 0 Å². The minimum Gasteiger partial charge on any atom is -0.444 e. The molecule has 1 saturated heterocycles. The van der Waals surface area contributed by atoms with Gasteiger partial charge in [-0.1, -0.05) is 35.1 Å². The third-order valence-corrected chi connectivity index (χ3v) is 6.86. The monoisotopic (exact) mass is 524 g/mol. The van der Waals surface area contributed by atoms with Gasteiger partial charge < -0.3 is 20.2 Å². The summed E-state index contributed by atoms with van der Waals surface area (Å²) in [5.41, 5.74) is -0.699. The van der Waals surface area contributed by atoms with E-state index in [2.05, 4.69) is 10.6 Å². The number of halogens is 1. The highest BCUT2D eigenvalue weighted by atomic mass is 19.1. The summed E-state index contributed by atoms with van der Waals surface area (Å²) in [5.74, 6) is -0.733. The van der Waals surface area contributed by atoms with Crippen LogP contribution in [0.2, 0.25) is 0 Å². The lowest BCUT2D eigenvalue weighted by Gasteiger charge is -2.28. The van der Waals surface area contributed by atoms with Gasteiger partial charge in [-0.2, -0.15) is 0 Å². The number of alkyl carbamates (subject to hydrolysis) is 1. The van der Waals surface area contributed by atoms with E-state index in [4.69, 9.17) is 9.57 Å². The van der Waals surface area contributed by atoms with Crippen LogP contribution in [0.3, 0.4) is 0 Å². The van der Waals surface area contributed by atoms with Gasteiger partial charge in [0.25, 0.3) is 5.56 Å². The quantitative estimate of drug-likeness (QED) is 0.491. The van der Waals surface area contributed by atoms with Gasteiger partial charge in [-0.25, -0.2) is 14.0 Å². The molecular weight excluding hydrogens is 491 g/mol. The minimum atomic E-state index is -0.720. The van der Waals surface area contributed by atoms with Crippen LogP contribution in [0.25, 0.3) is 10.9 Å². The van der Waals surface area contributed by atoms with Gasteiger partial charge in [0.15, 0.2) is 0 Å². The van der Waals surface area contributed by atoms with E-state index in [1.54, 1.807) is 20.8 Å². The Morgan fingerprint density at radius 1 is 1.16 bits per heavy atom. The van der Waals surface area contributed by atoms with Gasteiger partial charge in [0.1, 0.15) is 18.0 Å². The molecule has 2 aliphatic rings. The normalized spacial score (nSPS) is 18.4. The third kappa shape index (κ3) is 5.45. The van der Waals surface area contributed by atoms with Gasteiger partial charge in [0.05, 0.1) is 16.9 Å². The van der Waals surface area contributed by atoms with E-state index in [1.807, 2.05) is 30.3 Å². The number of hydrogen-bond donors (Lipinski definition) is 2. The zero-order valence-corrected chi connectivity index (χ0v) is 21.8. The van der Waals surface area contributed by atoms with Crippen LogP contribution in [0.5, 0.6) is 0 Å². The Morgan fingerprint density at radius 2 is 1.89 bits per heavy atom. The number of hydrogen-bond acceptors (Lipinski definition) is 6. The molecule has 3 aromatic rings. The number of aromatic nitrogens is 2. The van der Waals surface area contributed by atoms with Crippen molar-refractivity contribution in [1.82, 2.24) is 19.9 Å². The van der Waals surface area contributed by atoms with Crippen molar-refractivity contribution in [3.8, 4) is 0 Å². The lowest BCUT2D eigenvalue weighted by Crippen LogP contribution is -2.44. The third-order valence-electron chi connectivity index (χ3n) is 6.86. The molecule has 1 amide bonds. The van der Waals surface area contributed by atoms with Crippen molar-refractivity contribution in [1.29, 1.82) is 0 Å². The van der Waals surface area contributed by atoms with Crippen molar-refractivity contribution < 1.29 is 18.8 Å². The average molecular weight is 525 g/mol. The highest BCUT2D eigenvalue weighted by molar-refractivity contribution is 5.80. The van der Waals surface area contributed by atoms with E-state index in [9.17, 15) is 14.4 Å². The maximum Gasteiger partial charge on any atom is 0.408 e. The van der Waals surface area contributed by atoms with Crippen LogP contribution < -0.4 is 26.7 Å². The zero-order valence-electron chi connectivity index (χ0n) is 21.8. The number of amides is 1. The molecule has 2 atom stereocenters. The molecule has 0 spiro atoms. The second kappa shape index (κ2) is 10.2. The largest absolute Gasteiger partial charge is 0.444 e. The fourth-order valence-electron chi connectivity index (χ4n) is 4.94. The molecular formula is C28H33FN4O5. The molecule has 38 heavy (non-hydrogen) atoms. The van der Waals surface area contributed by atoms with Crippen molar-refractivity contribution in [3.05, 3.63) is 80.2 Å². The molecule has 1 aliphatic heterocycles. The molecule has 9 nitrogen and oxygen atoms in total. The van der Waals surface area contributed by atoms with Gasteiger partial charge in [-0.15, -0.1) is 0 Å². The summed E-state index contributed by atoms with van der Waals surface area (Å²) in [7, 11) is 0. The fourth-order valence-corrected chi connectivity index (χ4v) is 4.94. The van der Waals surface area contributed by atoms with E-state index in [-0.39, 0.29) is 29.5 Å². The molecule has 1 aliphatic carbocycles. The molecule has 1 saturated carbocycles. The number of carbonyl (C=O) groups is 1. The van der Waals surface area contributed by atoms with Crippen molar-refractivity contribution in [2.45, 2.75) is 64.3 Å². The van der Waals surface area contributed by atoms with E-state index in [0.29, 0.717) is 12.1 Å². The Balaban J connectivity index is 1.58. The maximum atomic E-state index is 15.7. The topological polar surface area (TPSA) is 104 Å². The van der Waals surface area contributed by atoms with Crippen molar-refractivity contribution in [2.24, 2.45) is 5.92 Å². The highest BCUT2D eigenvalue weighted by Gasteiger charge is 2.34. The first-order chi connectivity index (χ1) is 18.1.